The molecule has 0 radical (unpaired) electrons. The Hall–Kier alpha value is 0.690. The number of alkyl halides is 2. The molecule has 0 aromatic rings. The molecule has 0 amide bonds. The molecule has 9 heavy (non-hydrogen) atoms. The third-order valence-corrected chi connectivity index (χ3v) is 5.27. The van der Waals surface area contributed by atoms with Gasteiger partial charge in [-0.3, -0.25) is 0 Å². The van der Waals surface area contributed by atoms with E-state index in [0.29, 0.717) is 25.3 Å². The van der Waals surface area contributed by atoms with E-state index in [1.165, 1.54) is 10.8 Å². The van der Waals surface area contributed by atoms with Crippen LogP contribution in [-0.2, 0) is 0 Å². The van der Waals surface area contributed by atoms with E-state index in [0.717, 1.165) is 5.92 Å². The molecule has 0 aromatic carbocycles. The third-order valence-electron chi connectivity index (χ3n) is 0.986. The first-order valence-electron chi connectivity index (χ1n) is 3.50. The molecule has 0 aliphatic rings. The summed E-state index contributed by atoms with van der Waals surface area (Å²) < 4.78 is 1.93. The van der Waals surface area contributed by atoms with Crippen LogP contribution in [0.1, 0.15) is 27.2 Å². The molecule has 1 nitrogen and oxygen atoms in total. The Morgan fingerprint density at radius 3 is 2.33 bits per heavy atom. The predicted octanol–water partition coefficient (Wildman–Crippen LogP) is -1.57. The monoisotopic (exact) mass is 242 g/mol. The van der Waals surface area contributed by atoms with Gasteiger partial charge in [0, 0.05) is 0 Å². The normalized spacial score (nSPS) is 14.8. The average molecular weight is 242 g/mol. The minimum atomic E-state index is 0.299. The molecule has 2 N–H and O–H groups in total. The van der Waals surface area contributed by atoms with Crippen molar-refractivity contribution in [3.63, 3.8) is 0 Å². The first-order valence-corrected chi connectivity index (χ1v) is 6.27. The zero-order chi connectivity index (χ0) is 7.28. The molecular formula is C7H17IN-. The van der Waals surface area contributed by atoms with Crippen molar-refractivity contribution in [2.75, 3.05) is 4.43 Å². The summed E-state index contributed by atoms with van der Waals surface area (Å²) in [6.07, 6.45) is 1.17. The van der Waals surface area contributed by atoms with Gasteiger partial charge >= 0.3 is 68.5 Å². The number of halogens is 1. The van der Waals surface area contributed by atoms with Crippen molar-refractivity contribution in [1.29, 1.82) is 0 Å². The van der Waals surface area contributed by atoms with E-state index < -0.39 is 0 Å². The Kier molecular flexibility index (Phi) is 5.89. The van der Waals surface area contributed by atoms with Gasteiger partial charge in [-0.2, -0.15) is 0 Å². The molecule has 0 aromatic heterocycles. The second-order valence-corrected chi connectivity index (χ2v) is 5.99. The summed E-state index contributed by atoms with van der Waals surface area (Å²) in [6.45, 7) is 6.70. The third kappa shape index (κ3) is 6.58. The SMILES string of the molecule is CCC(N)[I-]CC(C)C. The van der Waals surface area contributed by atoms with Crippen molar-refractivity contribution < 1.29 is 21.2 Å². The maximum atomic E-state index is 5.77. The van der Waals surface area contributed by atoms with Gasteiger partial charge in [0.15, 0.2) is 0 Å². The van der Waals surface area contributed by atoms with Gasteiger partial charge in [0.2, 0.25) is 0 Å². The van der Waals surface area contributed by atoms with Crippen molar-refractivity contribution in [1.82, 2.24) is 0 Å². The molecule has 0 saturated heterocycles. The van der Waals surface area contributed by atoms with Crippen LogP contribution < -0.4 is 26.9 Å². The van der Waals surface area contributed by atoms with Gasteiger partial charge < -0.3 is 0 Å². The van der Waals surface area contributed by atoms with E-state index in [9.17, 15) is 0 Å². The molecule has 0 bridgehead atoms. The van der Waals surface area contributed by atoms with E-state index in [-0.39, 0.29) is 0 Å². The molecule has 0 rings (SSSR count). The van der Waals surface area contributed by atoms with Crippen LogP contribution in [0.5, 0.6) is 0 Å². The molecule has 0 heterocycles. The van der Waals surface area contributed by atoms with Crippen LogP contribution in [0, 0.1) is 5.92 Å². The fraction of sp³-hybridized carbons (Fsp3) is 1.00. The summed E-state index contributed by atoms with van der Waals surface area (Å²) in [5, 5.41) is 0. The fourth-order valence-corrected chi connectivity index (χ4v) is 2.69. The van der Waals surface area contributed by atoms with Crippen LogP contribution in [-0.4, -0.2) is 8.48 Å². The van der Waals surface area contributed by atoms with Crippen LogP contribution in [0.4, 0.5) is 0 Å². The number of nitrogens with two attached hydrogens (primary N) is 1. The van der Waals surface area contributed by atoms with Gasteiger partial charge in [0.25, 0.3) is 0 Å². The maximum absolute atomic E-state index is 5.77. The number of hydrogen-bond donors (Lipinski definition) is 1. The Labute approximate surface area is 68.7 Å². The van der Waals surface area contributed by atoms with E-state index in [2.05, 4.69) is 20.8 Å². The Balaban J connectivity index is 3.06. The minimum absolute atomic E-state index is 0.299. The molecule has 1 atom stereocenters. The summed E-state index contributed by atoms with van der Waals surface area (Å²) in [4.78, 5) is 0. The molecule has 0 fully saturated rings. The van der Waals surface area contributed by atoms with Gasteiger partial charge in [-0.15, -0.1) is 0 Å². The molecule has 1 unspecified atom stereocenters. The van der Waals surface area contributed by atoms with Gasteiger partial charge in [-0.05, 0) is 0 Å². The van der Waals surface area contributed by atoms with Crippen LogP contribution in [0.25, 0.3) is 0 Å². The van der Waals surface area contributed by atoms with Crippen molar-refractivity contribution in [2.45, 2.75) is 31.2 Å². The Morgan fingerprint density at radius 2 is 2.00 bits per heavy atom. The Morgan fingerprint density at radius 1 is 1.44 bits per heavy atom. The fourth-order valence-electron chi connectivity index (χ4n) is 0.402. The molecular weight excluding hydrogens is 225 g/mol. The van der Waals surface area contributed by atoms with Crippen LogP contribution >= 0.6 is 0 Å². The molecule has 0 saturated carbocycles. The Bertz CT molecular complexity index is 63.9. The average Bonchev–Trinajstić information content (AvgIpc) is 1.83. The molecule has 58 valence electrons. The van der Waals surface area contributed by atoms with Crippen molar-refractivity contribution in [3.05, 3.63) is 0 Å². The zero-order valence-electron chi connectivity index (χ0n) is 6.52. The van der Waals surface area contributed by atoms with Crippen molar-refractivity contribution >= 4 is 0 Å². The molecule has 0 spiro atoms. The van der Waals surface area contributed by atoms with E-state index in [1.54, 1.807) is 0 Å². The molecule has 0 aliphatic heterocycles. The first kappa shape index (κ1) is 9.69. The standard InChI is InChI=1S/C7H17IN/c1-4-7(9)8-5-6(2)3/h6-7H,4-5,9H2,1-3H3/q-1. The van der Waals surface area contributed by atoms with Crippen LogP contribution in [0.15, 0.2) is 0 Å². The van der Waals surface area contributed by atoms with Crippen molar-refractivity contribution in [3.8, 4) is 0 Å². The second kappa shape index (κ2) is 5.47. The van der Waals surface area contributed by atoms with Gasteiger partial charge in [0.05, 0.1) is 0 Å². The van der Waals surface area contributed by atoms with Gasteiger partial charge in [-0.25, -0.2) is 0 Å². The summed E-state index contributed by atoms with van der Waals surface area (Å²) in [5.74, 6) is 0.857. The quantitative estimate of drug-likeness (QED) is 0.359. The van der Waals surface area contributed by atoms with E-state index >= 15 is 0 Å². The number of hydrogen-bond acceptors (Lipinski definition) is 1. The zero-order valence-corrected chi connectivity index (χ0v) is 8.68. The predicted molar refractivity (Wildman–Crippen MR) is 38.0 cm³/mol. The summed E-state index contributed by atoms with van der Waals surface area (Å²) in [7, 11) is 0. The summed E-state index contributed by atoms with van der Waals surface area (Å²) >= 11 is 0.299. The first-order chi connectivity index (χ1) is 4.16. The topological polar surface area (TPSA) is 26.0 Å². The molecule has 2 heteroatoms. The van der Waals surface area contributed by atoms with Crippen LogP contribution in [0.2, 0.25) is 0 Å². The van der Waals surface area contributed by atoms with E-state index in [1.807, 2.05) is 0 Å². The van der Waals surface area contributed by atoms with Gasteiger partial charge in [-0.1, -0.05) is 0 Å². The summed E-state index contributed by atoms with van der Waals surface area (Å²) in [6, 6.07) is 0. The van der Waals surface area contributed by atoms with Crippen LogP contribution in [0.3, 0.4) is 0 Å². The summed E-state index contributed by atoms with van der Waals surface area (Å²) in [5.41, 5.74) is 5.77. The number of rotatable bonds is 4. The second-order valence-electron chi connectivity index (χ2n) is 2.63. The van der Waals surface area contributed by atoms with Crippen molar-refractivity contribution in [2.24, 2.45) is 11.7 Å². The van der Waals surface area contributed by atoms with E-state index in [4.69, 9.17) is 5.73 Å². The molecule has 0 aliphatic carbocycles. The van der Waals surface area contributed by atoms with Gasteiger partial charge in [0.1, 0.15) is 0 Å².